The molecule has 0 saturated carbocycles. The van der Waals surface area contributed by atoms with Crippen molar-refractivity contribution >= 4 is 45.0 Å². The molecular formula is C36H34N4OS. The largest absolute Gasteiger partial charge is 0.342 e. The van der Waals surface area contributed by atoms with Gasteiger partial charge in [0.2, 0.25) is 0 Å². The topological polar surface area (TPSA) is 70.2 Å². The third kappa shape index (κ3) is 5.53. The first-order valence-electron chi connectivity index (χ1n) is 14.4. The molecule has 0 radical (unpaired) electrons. The number of aliphatic imine (C=N–C) groups is 1. The molecule has 2 aromatic heterocycles. The molecule has 6 rings (SSSR count). The highest BCUT2D eigenvalue weighted by Gasteiger charge is 2.33. The van der Waals surface area contributed by atoms with E-state index in [2.05, 4.69) is 55.1 Å². The molecule has 1 aliphatic carbocycles. The minimum atomic E-state index is -0.101. The fourth-order valence-corrected chi connectivity index (χ4v) is 7.21. The van der Waals surface area contributed by atoms with E-state index in [1.807, 2.05) is 72.9 Å². The average Bonchev–Trinajstić information content (AvgIpc) is 3.54. The van der Waals surface area contributed by atoms with E-state index in [-0.39, 0.29) is 11.3 Å². The van der Waals surface area contributed by atoms with Gasteiger partial charge in [-0.1, -0.05) is 75.4 Å². The third-order valence-electron chi connectivity index (χ3n) is 8.35. The molecule has 0 spiro atoms. The average molecular weight is 571 g/mol. The highest BCUT2D eigenvalue weighted by Crippen LogP contribution is 2.45. The van der Waals surface area contributed by atoms with E-state index in [4.69, 9.17) is 4.99 Å². The number of fused-ring (bicyclic) bond motifs is 2. The van der Waals surface area contributed by atoms with Crippen LogP contribution in [-0.4, -0.2) is 16.7 Å². The lowest BCUT2D eigenvalue weighted by molar-refractivity contribution is 0.102. The van der Waals surface area contributed by atoms with E-state index >= 15 is 0 Å². The van der Waals surface area contributed by atoms with Crippen LogP contribution < -0.4 is 5.32 Å². The first-order valence-corrected chi connectivity index (χ1v) is 15.2. The van der Waals surface area contributed by atoms with Crippen molar-refractivity contribution in [3.63, 3.8) is 0 Å². The zero-order valence-electron chi connectivity index (χ0n) is 24.2. The minimum absolute atomic E-state index is 0.101. The molecule has 1 N–H and O–H groups in total. The zero-order valence-corrected chi connectivity index (χ0v) is 25.0. The van der Waals surface area contributed by atoms with Crippen LogP contribution in [0.2, 0.25) is 0 Å². The van der Waals surface area contributed by atoms with Gasteiger partial charge in [0.25, 0.3) is 5.91 Å². The molecule has 0 unspecified atom stereocenters. The Hall–Kier alpha value is -4.47. The van der Waals surface area contributed by atoms with Gasteiger partial charge in [-0.15, -0.1) is 11.3 Å². The maximum Gasteiger partial charge on any atom is 0.259 e. The maximum absolute atomic E-state index is 13.7. The first-order chi connectivity index (χ1) is 20.3. The molecule has 5 aromatic rings. The molecule has 0 bridgehead atoms. The molecule has 1 atom stereocenters. The Morgan fingerprint density at radius 3 is 2.60 bits per heavy atom. The van der Waals surface area contributed by atoms with Crippen LogP contribution >= 0.6 is 11.3 Å². The molecule has 0 fully saturated rings. The van der Waals surface area contributed by atoms with Crippen molar-refractivity contribution in [1.29, 1.82) is 5.26 Å². The van der Waals surface area contributed by atoms with Gasteiger partial charge in [-0.05, 0) is 66.0 Å². The number of rotatable bonds is 6. The van der Waals surface area contributed by atoms with Crippen molar-refractivity contribution in [3.05, 3.63) is 118 Å². The Bertz CT molecular complexity index is 1830. The van der Waals surface area contributed by atoms with Gasteiger partial charge in [-0.25, -0.2) is 4.99 Å². The number of aromatic nitrogens is 1. The molecule has 42 heavy (non-hydrogen) atoms. The second kappa shape index (κ2) is 11.4. The fourth-order valence-electron chi connectivity index (χ4n) is 5.94. The zero-order chi connectivity index (χ0) is 29.3. The number of benzene rings is 3. The van der Waals surface area contributed by atoms with E-state index in [0.29, 0.717) is 23.6 Å². The SMILES string of the molecule is CC(C)(C)[C@@H]1CCc2c(sc(N=Cc3cn(Cc4ccccc4C#N)c4ccccc34)c2C(=O)Nc2ccccc2)C1. The van der Waals surface area contributed by atoms with Gasteiger partial charge in [0.05, 0.1) is 17.2 Å². The number of carbonyl (C=O) groups excluding carboxylic acids is 1. The minimum Gasteiger partial charge on any atom is -0.342 e. The normalized spacial score (nSPS) is 15.0. The summed E-state index contributed by atoms with van der Waals surface area (Å²) in [4.78, 5) is 20.0. The van der Waals surface area contributed by atoms with Gasteiger partial charge >= 0.3 is 0 Å². The molecule has 2 heterocycles. The van der Waals surface area contributed by atoms with E-state index in [0.717, 1.165) is 57.5 Å². The number of anilines is 1. The van der Waals surface area contributed by atoms with Crippen LogP contribution in [0, 0.1) is 22.7 Å². The Labute approximate surface area is 251 Å². The molecule has 210 valence electrons. The summed E-state index contributed by atoms with van der Waals surface area (Å²) in [5.74, 6) is 0.468. The summed E-state index contributed by atoms with van der Waals surface area (Å²) in [6.45, 7) is 7.51. The van der Waals surface area contributed by atoms with Gasteiger partial charge in [0.15, 0.2) is 0 Å². The lowest BCUT2D eigenvalue weighted by atomic mass is 9.72. The number of hydrogen-bond acceptors (Lipinski definition) is 4. The Morgan fingerprint density at radius 2 is 1.81 bits per heavy atom. The number of para-hydroxylation sites is 2. The number of nitrogens with one attached hydrogen (secondary N) is 1. The number of thiophene rings is 1. The van der Waals surface area contributed by atoms with Crippen LogP contribution in [0.25, 0.3) is 10.9 Å². The number of amides is 1. The Morgan fingerprint density at radius 1 is 1.07 bits per heavy atom. The Balaban J connectivity index is 1.39. The quantitative estimate of drug-likeness (QED) is 0.207. The van der Waals surface area contributed by atoms with Crippen molar-refractivity contribution in [3.8, 4) is 6.07 Å². The van der Waals surface area contributed by atoms with Gasteiger partial charge in [-0.3, -0.25) is 4.79 Å². The summed E-state index contributed by atoms with van der Waals surface area (Å²) < 4.78 is 2.17. The predicted molar refractivity (Wildman–Crippen MR) is 173 cm³/mol. The van der Waals surface area contributed by atoms with Gasteiger partial charge in [0, 0.05) is 46.0 Å². The summed E-state index contributed by atoms with van der Waals surface area (Å²) in [7, 11) is 0. The molecule has 5 nitrogen and oxygen atoms in total. The summed E-state index contributed by atoms with van der Waals surface area (Å²) in [5, 5.41) is 14.6. The number of carbonyl (C=O) groups is 1. The molecule has 0 saturated heterocycles. The maximum atomic E-state index is 13.7. The number of nitrogens with zero attached hydrogens (tertiary/aromatic N) is 3. The van der Waals surface area contributed by atoms with Gasteiger partial charge in [-0.2, -0.15) is 5.26 Å². The number of hydrogen-bond donors (Lipinski definition) is 1. The molecule has 6 heteroatoms. The van der Waals surface area contributed by atoms with Crippen molar-refractivity contribution in [1.82, 2.24) is 4.57 Å². The fraction of sp³-hybridized carbons (Fsp3) is 0.250. The third-order valence-corrected chi connectivity index (χ3v) is 9.51. The second-order valence-corrected chi connectivity index (χ2v) is 13.2. The lowest BCUT2D eigenvalue weighted by Crippen LogP contribution is -2.27. The summed E-state index contributed by atoms with van der Waals surface area (Å²) in [5.41, 5.74) is 6.55. The van der Waals surface area contributed by atoms with Crippen LogP contribution in [-0.2, 0) is 19.4 Å². The van der Waals surface area contributed by atoms with Crippen LogP contribution in [0.4, 0.5) is 10.7 Å². The van der Waals surface area contributed by atoms with Crippen molar-refractivity contribution in [2.45, 2.75) is 46.6 Å². The molecule has 1 aliphatic rings. The first kappa shape index (κ1) is 27.7. The van der Waals surface area contributed by atoms with E-state index < -0.39 is 0 Å². The summed E-state index contributed by atoms with van der Waals surface area (Å²) >= 11 is 1.66. The molecule has 1 amide bonds. The van der Waals surface area contributed by atoms with Crippen LogP contribution in [0.3, 0.4) is 0 Å². The van der Waals surface area contributed by atoms with Crippen molar-refractivity contribution < 1.29 is 4.79 Å². The van der Waals surface area contributed by atoms with Crippen LogP contribution in [0.5, 0.6) is 0 Å². The van der Waals surface area contributed by atoms with Crippen molar-refractivity contribution in [2.24, 2.45) is 16.3 Å². The van der Waals surface area contributed by atoms with Crippen molar-refractivity contribution in [2.75, 3.05) is 5.32 Å². The van der Waals surface area contributed by atoms with Crippen LogP contribution in [0.15, 0.2) is 90.1 Å². The monoisotopic (exact) mass is 570 g/mol. The van der Waals surface area contributed by atoms with E-state index in [1.165, 1.54) is 4.88 Å². The predicted octanol–water partition coefficient (Wildman–Crippen LogP) is 8.78. The van der Waals surface area contributed by atoms with Crippen LogP contribution in [0.1, 0.15) is 64.7 Å². The Kier molecular flexibility index (Phi) is 7.53. The van der Waals surface area contributed by atoms with Gasteiger partial charge in [0.1, 0.15) is 5.00 Å². The standard InChI is InChI=1S/C36H34N4OS/c1-36(2,3)27-17-18-30-32(19-27)42-35(33(30)34(41)39-28-13-5-4-6-14-28)38-21-26-23-40(31-16-10-9-15-29(26)31)22-25-12-8-7-11-24(25)20-37/h4-16,21,23,27H,17-19,22H2,1-3H3,(H,39,41)/t27-/m1/s1. The van der Waals surface area contributed by atoms with E-state index in [9.17, 15) is 10.1 Å². The molecular weight excluding hydrogens is 536 g/mol. The smallest absolute Gasteiger partial charge is 0.259 e. The summed E-state index contributed by atoms with van der Waals surface area (Å²) in [6, 6.07) is 27.9. The second-order valence-electron chi connectivity index (χ2n) is 12.1. The van der Waals surface area contributed by atoms with Gasteiger partial charge < -0.3 is 9.88 Å². The lowest BCUT2D eigenvalue weighted by Gasteiger charge is -2.33. The number of nitriles is 1. The molecule has 3 aromatic carbocycles. The highest BCUT2D eigenvalue weighted by atomic mass is 32.1. The highest BCUT2D eigenvalue weighted by molar-refractivity contribution is 7.16. The molecule has 0 aliphatic heterocycles. The summed E-state index contributed by atoms with van der Waals surface area (Å²) in [6.07, 6.45) is 6.92. The van der Waals surface area contributed by atoms with E-state index in [1.54, 1.807) is 11.3 Å².